The second-order valence-corrected chi connectivity index (χ2v) is 10.8. The number of aromatic nitrogens is 2. The fourth-order valence-corrected chi connectivity index (χ4v) is 6.70. The lowest BCUT2D eigenvalue weighted by atomic mass is 9.85. The van der Waals surface area contributed by atoms with Crippen LogP contribution in [0.25, 0.3) is 11.0 Å². The van der Waals surface area contributed by atoms with Gasteiger partial charge in [0, 0.05) is 17.6 Å². The van der Waals surface area contributed by atoms with Crippen LogP contribution >= 0.6 is 0 Å². The predicted octanol–water partition coefficient (Wildman–Crippen LogP) is 5.37. The molecule has 0 unspecified atom stereocenters. The summed E-state index contributed by atoms with van der Waals surface area (Å²) in [5.41, 5.74) is 3.57. The van der Waals surface area contributed by atoms with Crippen molar-refractivity contribution in [3.63, 3.8) is 0 Å². The largest absolute Gasteiger partial charge is 0.481 e. The summed E-state index contributed by atoms with van der Waals surface area (Å²) in [6.45, 7) is 2.02. The van der Waals surface area contributed by atoms with Gasteiger partial charge in [-0.1, -0.05) is 32.1 Å². The first-order chi connectivity index (χ1) is 16.9. The third kappa shape index (κ3) is 4.41. The number of amides is 1. The zero-order valence-corrected chi connectivity index (χ0v) is 20.8. The lowest BCUT2D eigenvalue weighted by Gasteiger charge is -2.34. The Morgan fingerprint density at radius 2 is 1.91 bits per heavy atom. The first-order valence-electron chi connectivity index (χ1n) is 13.2. The first kappa shape index (κ1) is 24.1. The lowest BCUT2D eigenvalue weighted by molar-refractivity contribution is -0.143. The van der Waals surface area contributed by atoms with Crippen molar-refractivity contribution in [3.05, 3.63) is 23.5 Å². The molecule has 8 heteroatoms. The Hall–Kier alpha value is -2.61. The molecule has 2 saturated carbocycles. The van der Waals surface area contributed by atoms with Gasteiger partial charge in [-0.2, -0.15) is 0 Å². The number of ether oxygens (including phenoxy) is 1. The average molecular weight is 484 g/mol. The van der Waals surface area contributed by atoms with E-state index in [9.17, 15) is 19.8 Å². The number of carbonyl (C=O) groups excluding carboxylic acids is 1. The Bertz CT molecular complexity index is 1110. The first-order valence-corrected chi connectivity index (χ1v) is 13.2. The second kappa shape index (κ2) is 9.80. The van der Waals surface area contributed by atoms with E-state index >= 15 is 0 Å². The summed E-state index contributed by atoms with van der Waals surface area (Å²) < 4.78 is 7.21. The van der Waals surface area contributed by atoms with E-state index in [0.29, 0.717) is 31.0 Å². The quantitative estimate of drug-likeness (QED) is 0.592. The summed E-state index contributed by atoms with van der Waals surface area (Å²) in [6, 6.07) is 3.97. The van der Waals surface area contributed by atoms with Crippen LogP contribution in [0, 0.1) is 11.8 Å². The Morgan fingerprint density at radius 3 is 2.63 bits per heavy atom. The van der Waals surface area contributed by atoms with Crippen LogP contribution in [-0.4, -0.2) is 45.0 Å². The highest BCUT2D eigenvalue weighted by Gasteiger charge is 2.35. The van der Waals surface area contributed by atoms with Gasteiger partial charge >= 0.3 is 12.1 Å². The smallest absolute Gasteiger partial charge is 0.414 e. The summed E-state index contributed by atoms with van der Waals surface area (Å²) in [5.74, 6) is 0.0344. The number of rotatable bonds is 5. The molecular weight excluding hydrogens is 446 g/mol. The van der Waals surface area contributed by atoms with Gasteiger partial charge in [-0.3, -0.25) is 9.69 Å². The van der Waals surface area contributed by atoms with E-state index in [2.05, 4.69) is 4.57 Å². The number of carbonyl (C=O) groups is 2. The van der Waals surface area contributed by atoms with Crippen molar-refractivity contribution in [1.29, 1.82) is 0 Å². The van der Waals surface area contributed by atoms with Crippen molar-refractivity contribution in [2.75, 3.05) is 12.0 Å². The van der Waals surface area contributed by atoms with E-state index in [1.165, 1.54) is 20.0 Å². The van der Waals surface area contributed by atoms with Crippen molar-refractivity contribution in [2.45, 2.75) is 95.7 Å². The number of fused-ring (bicyclic) bond motifs is 3. The maximum absolute atomic E-state index is 12.6. The van der Waals surface area contributed by atoms with Crippen molar-refractivity contribution in [1.82, 2.24) is 9.55 Å². The van der Waals surface area contributed by atoms with Crippen molar-refractivity contribution in [3.8, 4) is 0 Å². The standard InChI is InChI=1S/C27H37N3O5/c1-16-10-11-20-21(29(16)27(34)35-2)12-13-22-24(20)28-25(23(31)14-17-6-3-4-7-17)30(22)19-9-5-8-18(15-19)26(32)33/h12-13,16-19,23,31H,3-11,14-15H2,1-2H3,(H,32,33)/t16-,18+,19+,23-/m0/s1. The van der Waals surface area contributed by atoms with E-state index in [0.717, 1.165) is 60.8 Å². The highest BCUT2D eigenvalue weighted by atomic mass is 16.5. The van der Waals surface area contributed by atoms with E-state index in [1.807, 2.05) is 19.1 Å². The predicted molar refractivity (Wildman–Crippen MR) is 133 cm³/mol. The van der Waals surface area contributed by atoms with Crippen LogP contribution in [0.2, 0.25) is 0 Å². The molecule has 1 aromatic heterocycles. The normalized spacial score (nSPS) is 26.0. The number of aryl methyl sites for hydroxylation is 1. The lowest BCUT2D eigenvalue weighted by Crippen LogP contribution is -2.42. The Labute approximate surface area is 206 Å². The van der Waals surface area contributed by atoms with Crippen LogP contribution < -0.4 is 4.90 Å². The highest BCUT2D eigenvalue weighted by molar-refractivity contribution is 5.95. The van der Waals surface area contributed by atoms with E-state index in [-0.39, 0.29) is 24.1 Å². The number of benzene rings is 1. The van der Waals surface area contributed by atoms with Crippen molar-refractivity contribution >= 4 is 28.8 Å². The van der Waals surface area contributed by atoms with Gasteiger partial charge in [-0.05, 0) is 63.5 Å². The average Bonchev–Trinajstić information content (AvgIpc) is 3.51. The van der Waals surface area contributed by atoms with Crippen LogP contribution in [0.15, 0.2) is 12.1 Å². The molecule has 2 heterocycles. The molecule has 2 N–H and O–H groups in total. The molecule has 0 saturated heterocycles. The Morgan fingerprint density at radius 1 is 1.14 bits per heavy atom. The molecule has 8 nitrogen and oxygen atoms in total. The minimum absolute atomic E-state index is 0.0136. The van der Waals surface area contributed by atoms with E-state index < -0.39 is 12.1 Å². The third-order valence-electron chi connectivity index (χ3n) is 8.54. The summed E-state index contributed by atoms with van der Waals surface area (Å²) >= 11 is 0. The number of aliphatic hydroxyl groups is 1. The van der Waals surface area contributed by atoms with Gasteiger partial charge in [0.25, 0.3) is 0 Å². The molecule has 1 aliphatic heterocycles. The van der Waals surface area contributed by atoms with Crippen LogP contribution in [0.3, 0.4) is 0 Å². The fourth-order valence-electron chi connectivity index (χ4n) is 6.70. The van der Waals surface area contributed by atoms with Gasteiger partial charge in [-0.15, -0.1) is 0 Å². The summed E-state index contributed by atoms with van der Waals surface area (Å²) in [5, 5.41) is 21.1. The second-order valence-electron chi connectivity index (χ2n) is 10.8. The number of carboxylic acid groups (broad SMARTS) is 1. The molecule has 4 atom stereocenters. The van der Waals surface area contributed by atoms with Gasteiger partial charge in [0.2, 0.25) is 0 Å². The number of imidazole rings is 1. The van der Waals surface area contributed by atoms with Crippen LogP contribution in [0.1, 0.15) is 94.7 Å². The molecule has 2 aliphatic carbocycles. The minimum atomic E-state index is -0.743. The molecule has 0 bridgehead atoms. The van der Waals surface area contributed by atoms with Gasteiger partial charge in [0.05, 0.1) is 29.7 Å². The maximum Gasteiger partial charge on any atom is 0.414 e. The zero-order chi connectivity index (χ0) is 24.7. The van der Waals surface area contributed by atoms with Gasteiger partial charge < -0.3 is 19.5 Å². The van der Waals surface area contributed by atoms with Crippen LogP contribution in [-0.2, 0) is 16.0 Å². The minimum Gasteiger partial charge on any atom is -0.481 e. The monoisotopic (exact) mass is 483 g/mol. The molecule has 1 aromatic carbocycles. The Balaban J connectivity index is 1.61. The summed E-state index contributed by atoms with van der Waals surface area (Å²) in [6.07, 6.45) is 8.89. The molecule has 35 heavy (non-hydrogen) atoms. The summed E-state index contributed by atoms with van der Waals surface area (Å²) in [7, 11) is 1.40. The summed E-state index contributed by atoms with van der Waals surface area (Å²) in [4.78, 5) is 31.1. The molecule has 2 aromatic rings. The number of carboxylic acids is 1. The van der Waals surface area contributed by atoms with Gasteiger partial charge in [0.1, 0.15) is 11.9 Å². The van der Waals surface area contributed by atoms with Crippen LogP contribution in [0.5, 0.6) is 0 Å². The number of hydrogen-bond acceptors (Lipinski definition) is 5. The molecule has 190 valence electrons. The molecule has 3 aliphatic rings. The Kier molecular flexibility index (Phi) is 6.75. The number of nitrogens with zero attached hydrogens (tertiary/aromatic N) is 3. The van der Waals surface area contributed by atoms with E-state index in [1.54, 1.807) is 4.90 Å². The van der Waals surface area contributed by atoms with Crippen molar-refractivity contribution < 1.29 is 24.5 Å². The SMILES string of the molecule is COC(=O)N1c2ccc3c(nc([C@@H](O)CC4CCCC4)n3[C@@H]3CCC[C@@H](C(=O)O)C3)c2CC[C@@H]1C. The number of anilines is 1. The number of methoxy groups -OCH3 is 1. The molecule has 0 radical (unpaired) electrons. The fraction of sp³-hybridized carbons (Fsp3) is 0.667. The topological polar surface area (TPSA) is 105 Å². The molecule has 0 spiro atoms. The number of aliphatic carboxylic acids is 1. The highest BCUT2D eigenvalue weighted by Crippen LogP contribution is 2.42. The number of aliphatic hydroxyl groups excluding tert-OH is 1. The molecular formula is C27H37N3O5. The van der Waals surface area contributed by atoms with E-state index in [4.69, 9.17) is 9.72 Å². The van der Waals surface area contributed by atoms with Crippen molar-refractivity contribution in [2.24, 2.45) is 11.8 Å². The number of hydrogen-bond donors (Lipinski definition) is 2. The van der Waals surface area contributed by atoms with Gasteiger partial charge in [-0.25, -0.2) is 9.78 Å². The molecule has 5 rings (SSSR count). The molecule has 2 fully saturated rings. The van der Waals surface area contributed by atoms with Gasteiger partial charge in [0.15, 0.2) is 0 Å². The molecule has 1 amide bonds. The zero-order valence-electron chi connectivity index (χ0n) is 20.8. The van der Waals surface area contributed by atoms with Crippen LogP contribution in [0.4, 0.5) is 10.5 Å². The maximum atomic E-state index is 12.6. The third-order valence-corrected chi connectivity index (χ3v) is 8.54.